The molecule has 0 aromatic heterocycles. The zero-order valence-corrected chi connectivity index (χ0v) is 9.60. The van der Waals surface area contributed by atoms with E-state index in [1.54, 1.807) is 4.90 Å². The lowest BCUT2D eigenvalue weighted by Gasteiger charge is -2.33. The number of carbonyl (C=O) groups excluding carboxylic acids is 1. The Hall–Kier alpha value is -1.86. The van der Waals surface area contributed by atoms with Crippen molar-refractivity contribution < 1.29 is 4.79 Å². The highest BCUT2D eigenvalue weighted by atomic mass is 16.2. The van der Waals surface area contributed by atoms with Crippen LogP contribution in [0.2, 0.25) is 0 Å². The van der Waals surface area contributed by atoms with Gasteiger partial charge in [0.2, 0.25) is 5.91 Å². The topological polar surface area (TPSA) is 56.1 Å². The molecule has 0 aliphatic carbocycles. The van der Waals surface area contributed by atoms with Gasteiger partial charge in [0.1, 0.15) is 6.42 Å². The van der Waals surface area contributed by atoms with Gasteiger partial charge in [0.05, 0.1) is 6.07 Å². The number of nitrogens with zero attached hydrogens (tertiary/aromatic N) is 2. The predicted molar refractivity (Wildman–Crippen MR) is 64.0 cm³/mol. The third-order valence-corrected chi connectivity index (χ3v) is 2.96. The fourth-order valence-electron chi connectivity index (χ4n) is 2.06. The summed E-state index contributed by atoms with van der Waals surface area (Å²) in [6.45, 7) is 2.10. The Morgan fingerprint density at radius 2 is 2.24 bits per heavy atom. The van der Waals surface area contributed by atoms with Gasteiger partial charge >= 0.3 is 0 Å². The van der Waals surface area contributed by atoms with Crippen molar-refractivity contribution in [3.63, 3.8) is 0 Å². The molecule has 1 fully saturated rings. The molecule has 1 aliphatic heterocycles. The Balaban J connectivity index is 2.03. The number of nitrogens with one attached hydrogen (secondary N) is 1. The molecule has 2 rings (SSSR count). The molecular weight excluding hydrogens is 214 g/mol. The van der Waals surface area contributed by atoms with Crippen LogP contribution in [0, 0.1) is 11.3 Å². The van der Waals surface area contributed by atoms with Gasteiger partial charge in [-0.1, -0.05) is 30.3 Å². The first-order valence-electron chi connectivity index (χ1n) is 5.74. The smallest absolute Gasteiger partial charge is 0.236 e. The van der Waals surface area contributed by atoms with Crippen LogP contribution < -0.4 is 5.32 Å². The number of piperazine rings is 1. The number of hydrogen-bond acceptors (Lipinski definition) is 3. The summed E-state index contributed by atoms with van der Waals surface area (Å²) in [5.41, 5.74) is 1.18. The lowest BCUT2D eigenvalue weighted by atomic mass is 10.0. The highest BCUT2D eigenvalue weighted by molar-refractivity contribution is 5.78. The minimum absolute atomic E-state index is 0.0263. The maximum absolute atomic E-state index is 11.7. The van der Waals surface area contributed by atoms with Crippen LogP contribution in [-0.2, 0) is 4.79 Å². The van der Waals surface area contributed by atoms with E-state index >= 15 is 0 Å². The van der Waals surface area contributed by atoms with Crippen LogP contribution in [0.4, 0.5) is 0 Å². The van der Waals surface area contributed by atoms with Crippen molar-refractivity contribution in [1.82, 2.24) is 10.2 Å². The van der Waals surface area contributed by atoms with Crippen molar-refractivity contribution in [3.05, 3.63) is 35.9 Å². The molecule has 1 aromatic rings. The molecule has 1 aliphatic rings. The molecule has 1 aromatic carbocycles. The number of rotatable bonds is 2. The normalized spacial score (nSPS) is 19.7. The van der Waals surface area contributed by atoms with Crippen LogP contribution in [0.1, 0.15) is 18.0 Å². The first-order valence-corrected chi connectivity index (χ1v) is 5.74. The van der Waals surface area contributed by atoms with Crippen molar-refractivity contribution in [1.29, 1.82) is 5.26 Å². The Labute approximate surface area is 101 Å². The lowest BCUT2D eigenvalue weighted by molar-refractivity contribution is -0.131. The van der Waals surface area contributed by atoms with E-state index in [9.17, 15) is 4.79 Å². The Kier molecular flexibility index (Phi) is 3.73. The molecule has 1 heterocycles. The minimum atomic E-state index is -0.0741. The van der Waals surface area contributed by atoms with E-state index in [4.69, 9.17) is 5.26 Å². The van der Waals surface area contributed by atoms with Gasteiger partial charge in [-0.25, -0.2) is 0 Å². The summed E-state index contributed by atoms with van der Waals surface area (Å²) in [6, 6.07) is 12.1. The van der Waals surface area contributed by atoms with Gasteiger partial charge in [-0.2, -0.15) is 5.26 Å². The van der Waals surface area contributed by atoms with Gasteiger partial charge in [0, 0.05) is 25.7 Å². The number of benzene rings is 1. The fourth-order valence-corrected chi connectivity index (χ4v) is 2.06. The molecular formula is C13H15N3O. The van der Waals surface area contributed by atoms with Crippen LogP contribution >= 0.6 is 0 Å². The number of hydrogen-bond donors (Lipinski definition) is 1. The second-order valence-electron chi connectivity index (χ2n) is 4.09. The Morgan fingerprint density at radius 3 is 2.94 bits per heavy atom. The van der Waals surface area contributed by atoms with Crippen molar-refractivity contribution in [3.8, 4) is 6.07 Å². The van der Waals surface area contributed by atoms with E-state index in [1.807, 2.05) is 24.3 Å². The van der Waals surface area contributed by atoms with Crippen molar-refractivity contribution >= 4 is 5.91 Å². The van der Waals surface area contributed by atoms with Crippen LogP contribution in [0.15, 0.2) is 30.3 Å². The summed E-state index contributed by atoms with van der Waals surface area (Å²) >= 11 is 0. The van der Waals surface area contributed by atoms with Gasteiger partial charge in [0.15, 0.2) is 0 Å². The van der Waals surface area contributed by atoms with Gasteiger partial charge in [-0.15, -0.1) is 0 Å². The van der Waals surface area contributed by atoms with Crippen LogP contribution in [-0.4, -0.2) is 30.4 Å². The molecule has 4 heteroatoms. The molecule has 0 saturated carbocycles. The minimum Gasteiger partial charge on any atom is -0.339 e. The predicted octanol–water partition coefficient (Wildman–Crippen LogP) is 1.07. The Morgan fingerprint density at radius 1 is 1.47 bits per heavy atom. The molecule has 0 bridgehead atoms. The lowest BCUT2D eigenvalue weighted by Crippen LogP contribution is -2.48. The third kappa shape index (κ3) is 2.83. The molecule has 1 unspecified atom stereocenters. The first-order chi connectivity index (χ1) is 8.31. The summed E-state index contributed by atoms with van der Waals surface area (Å²) < 4.78 is 0. The number of carbonyl (C=O) groups is 1. The molecule has 17 heavy (non-hydrogen) atoms. The van der Waals surface area contributed by atoms with E-state index in [1.165, 1.54) is 5.56 Å². The third-order valence-electron chi connectivity index (χ3n) is 2.96. The molecule has 1 amide bonds. The molecule has 0 radical (unpaired) electrons. The van der Waals surface area contributed by atoms with Gasteiger partial charge in [0.25, 0.3) is 0 Å². The van der Waals surface area contributed by atoms with Gasteiger partial charge < -0.3 is 10.2 Å². The molecule has 4 nitrogen and oxygen atoms in total. The molecule has 0 spiro atoms. The average molecular weight is 229 g/mol. The fraction of sp³-hybridized carbons (Fsp3) is 0.385. The number of nitriles is 1. The van der Waals surface area contributed by atoms with E-state index in [2.05, 4.69) is 17.4 Å². The molecule has 1 saturated heterocycles. The zero-order chi connectivity index (χ0) is 12.1. The first kappa shape index (κ1) is 11.6. The summed E-state index contributed by atoms with van der Waals surface area (Å²) in [4.78, 5) is 13.4. The largest absolute Gasteiger partial charge is 0.339 e. The van der Waals surface area contributed by atoms with E-state index in [0.29, 0.717) is 13.1 Å². The van der Waals surface area contributed by atoms with Crippen LogP contribution in [0.25, 0.3) is 0 Å². The maximum Gasteiger partial charge on any atom is 0.236 e. The highest BCUT2D eigenvalue weighted by Crippen LogP contribution is 2.17. The SMILES string of the molecule is N#CCC(=O)N1CCNC(c2ccccc2)C1. The summed E-state index contributed by atoms with van der Waals surface area (Å²) in [5.74, 6) is -0.0741. The van der Waals surface area contributed by atoms with E-state index in [0.717, 1.165) is 6.54 Å². The molecule has 88 valence electrons. The highest BCUT2D eigenvalue weighted by Gasteiger charge is 2.23. The van der Waals surface area contributed by atoms with Crippen LogP contribution in [0.3, 0.4) is 0 Å². The van der Waals surface area contributed by atoms with Crippen molar-refractivity contribution in [2.75, 3.05) is 19.6 Å². The van der Waals surface area contributed by atoms with Crippen molar-refractivity contribution in [2.24, 2.45) is 0 Å². The monoisotopic (exact) mass is 229 g/mol. The van der Waals surface area contributed by atoms with E-state index in [-0.39, 0.29) is 18.4 Å². The van der Waals surface area contributed by atoms with Gasteiger partial charge in [-0.3, -0.25) is 4.79 Å². The molecule has 1 N–H and O–H groups in total. The average Bonchev–Trinajstić information content (AvgIpc) is 2.40. The van der Waals surface area contributed by atoms with Crippen molar-refractivity contribution in [2.45, 2.75) is 12.5 Å². The van der Waals surface area contributed by atoms with Crippen LogP contribution in [0.5, 0.6) is 0 Å². The number of amides is 1. The summed E-state index contributed by atoms with van der Waals surface area (Å²) in [6.07, 6.45) is -0.0263. The summed E-state index contributed by atoms with van der Waals surface area (Å²) in [5, 5.41) is 11.9. The quantitative estimate of drug-likeness (QED) is 0.825. The summed E-state index contributed by atoms with van der Waals surface area (Å²) in [7, 11) is 0. The standard InChI is InChI=1S/C13H15N3O/c14-7-6-13(17)16-9-8-15-12(10-16)11-4-2-1-3-5-11/h1-5,12,15H,6,8-10H2. The second-order valence-corrected chi connectivity index (χ2v) is 4.09. The van der Waals surface area contributed by atoms with Gasteiger partial charge in [-0.05, 0) is 5.56 Å². The Bertz CT molecular complexity index is 424. The molecule has 1 atom stereocenters. The van der Waals surface area contributed by atoms with E-state index < -0.39 is 0 Å². The maximum atomic E-state index is 11.7. The second kappa shape index (κ2) is 5.46. The zero-order valence-electron chi connectivity index (χ0n) is 9.60.